The molecular weight excluding hydrogens is 1100 g/mol. The molecule has 0 saturated heterocycles. The van der Waals surface area contributed by atoms with E-state index >= 15 is 0 Å². The number of aliphatic carboxylic acids is 2. The summed E-state index contributed by atoms with van der Waals surface area (Å²) in [6.07, 6.45) is 2.85. The molecule has 74 heavy (non-hydrogen) atoms. The van der Waals surface area contributed by atoms with E-state index in [1.165, 1.54) is 97.9 Å². The number of hydrogen-bond donors (Lipinski definition) is 6. The molecule has 36 heteroatoms. The van der Waals surface area contributed by atoms with Crippen LogP contribution in [0.5, 0.6) is 0 Å². The summed E-state index contributed by atoms with van der Waals surface area (Å²) in [7, 11) is -13.4. The number of hydrogen-bond acceptors (Lipinski definition) is 26. The van der Waals surface area contributed by atoms with E-state index in [4.69, 9.17) is 22.9 Å². The van der Waals surface area contributed by atoms with Gasteiger partial charge in [0.25, 0.3) is 0 Å². The van der Waals surface area contributed by atoms with Gasteiger partial charge < -0.3 is 55.4 Å². The summed E-state index contributed by atoms with van der Waals surface area (Å²) in [6.45, 7) is -1.19. The van der Waals surface area contributed by atoms with E-state index in [1.54, 1.807) is 12.1 Å². The number of nitrogens with zero attached hydrogens (tertiary/aromatic N) is 8. The third kappa shape index (κ3) is 21.8. The van der Waals surface area contributed by atoms with Crippen molar-refractivity contribution in [1.82, 2.24) is 29.9 Å². The molecule has 4 aromatic carbocycles. The first kappa shape index (κ1) is 67.7. The van der Waals surface area contributed by atoms with Gasteiger partial charge in [-0.2, -0.15) is 35.5 Å². The Kier molecular flexibility index (Phi) is 27.3. The average molecular weight is 1130 g/mol. The molecule has 0 aliphatic heterocycles. The summed E-state index contributed by atoms with van der Waals surface area (Å²) >= 11 is 0. The van der Waals surface area contributed by atoms with Crippen molar-refractivity contribution in [3.8, 4) is 0 Å². The van der Waals surface area contributed by atoms with E-state index in [9.17, 15) is 49.6 Å². The van der Waals surface area contributed by atoms with Gasteiger partial charge in [0, 0.05) is 31.2 Å². The topological polar surface area (TPSA) is 441 Å². The van der Waals surface area contributed by atoms with E-state index in [0.29, 0.717) is 22.6 Å². The second-order valence-corrected chi connectivity index (χ2v) is 18.8. The molecule has 0 aliphatic rings. The molecule has 8 N–H and O–H groups in total. The van der Waals surface area contributed by atoms with Crippen LogP contribution in [0.3, 0.4) is 0 Å². The zero-order chi connectivity index (χ0) is 51.6. The fraction of sp³-hybridized carbons (Fsp3) is 0.105. The minimum absolute atomic E-state index is 0. The van der Waals surface area contributed by atoms with Gasteiger partial charge in [-0.25, -0.2) is 35.5 Å². The molecule has 368 valence electrons. The molecule has 0 amide bonds. The van der Waals surface area contributed by atoms with Crippen molar-refractivity contribution < 1.29 is 180 Å². The van der Waals surface area contributed by atoms with E-state index in [2.05, 4.69) is 57.2 Å². The number of benzene rings is 4. The number of nitrogens with two attached hydrogens (primary N) is 2. The van der Waals surface area contributed by atoms with Gasteiger partial charge in [0.1, 0.15) is 10.1 Å². The van der Waals surface area contributed by atoms with Crippen LogP contribution >= 0.6 is 0 Å². The molecule has 0 fully saturated rings. The minimum Gasteiger partial charge on any atom is -0.744 e. The zero-order valence-electron chi connectivity index (χ0n) is 39.7. The fourth-order valence-corrected chi connectivity index (χ4v) is 7.29. The molecular formula is C38H34N14Na4O14S4. The fourth-order valence-electron chi connectivity index (χ4n) is 5.56. The Morgan fingerprint density at radius 2 is 0.932 bits per heavy atom. The van der Waals surface area contributed by atoms with Crippen LogP contribution in [0.4, 0.5) is 58.4 Å². The third-order valence-electron chi connectivity index (χ3n) is 8.61. The molecule has 0 bridgehead atoms. The Balaban J connectivity index is 0.00000330. The van der Waals surface area contributed by atoms with Gasteiger partial charge in [-0.05, 0) is 71.9 Å². The van der Waals surface area contributed by atoms with Crippen LogP contribution in [0.1, 0.15) is 11.1 Å². The molecule has 28 nitrogen and oxygen atoms in total. The van der Waals surface area contributed by atoms with Crippen molar-refractivity contribution in [2.45, 2.75) is 14.7 Å². The Morgan fingerprint density at radius 3 is 1.27 bits per heavy atom. The summed E-state index contributed by atoms with van der Waals surface area (Å²) in [5, 5.41) is 44.4. The van der Waals surface area contributed by atoms with Gasteiger partial charge >= 0.3 is 129 Å². The van der Waals surface area contributed by atoms with Crippen LogP contribution in [0.15, 0.2) is 99.6 Å². The standard InChI is InChI=1S/C38H37N14O11S3.4Na.O3S/c1-51(20-31(53)54)37-47-33(45-34(48-37)42-25-11-15-28(16-12-25)64(39,57)58)41-24-8-4-22(5-9-24)3-6-23-7-10-27(19-30(23)66(61,62)63)44-36-46-35(49-38(50-36)52(2)21-32(55)56)43-26-13-17-29(18-14-26)65(40,59)60;;;;;1-4(2)3/h3-4,6-19H,20-21H2,1-2H3,(H,53,54)(H,55,56)(H2,39,57,58)(H2,40,59,60)(H,61,62,63)(H2,41,42,45,47,48)(H2,43,44,46,49,50);;;;;/q-1;4*+1;/p-3/b6-3+;;;;;. The van der Waals surface area contributed by atoms with E-state index in [1.807, 2.05) is 0 Å². The van der Waals surface area contributed by atoms with Crippen LogP contribution in [0, 0.1) is 6.07 Å². The zero-order valence-corrected chi connectivity index (χ0v) is 51.0. The Labute approximate surface area is 512 Å². The van der Waals surface area contributed by atoms with Gasteiger partial charge in [-0.15, -0.1) is 43.0 Å². The first-order valence-corrected chi connectivity index (χ1v) is 24.5. The molecule has 0 unspecified atom stereocenters. The molecule has 0 radical (unpaired) electrons. The number of likely N-dealkylation sites (N-methyl/N-ethyl adjacent to an activating group) is 2. The summed E-state index contributed by atoms with van der Waals surface area (Å²) < 4.78 is 109. The first-order valence-electron chi connectivity index (χ1n) is 19.0. The van der Waals surface area contributed by atoms with Gasteiger partial charge in [-0.1, -0.05) is 12.1 Å². The second kappa shape index (κ2) is 29.9. The van der Waals surface area contributed by atoms with Crippen molar-refractivity contribution in [3.05, 3.63) is 102 Å². The summed E-state index contributed by atoms with van der Waals surface area (Å²) in [5.74, 6) is -3.51. The quantitative estimate of drug-likeness (QED) is 0.0190. The van der Waals surface area contributed by atoms with Crippen LogP contribution in [-0.4, -0.2) is 111 Å². The maximum absolute atomic E-state index is 12.5. The average Bonchev–Trinajstić information content (AvgIpc) is 3.25. The normalized spacial score (nSPS) is 10.8. The SMILES string of the molecule is CN(CC(=O)[O-])c1nc(Nc2c[c-]c(/C=C/c3ccc(Nc4nc(Nc5ccc(S(N)(=O)=O)cc5)nc(N(C)CC(=O)[O-])n4)cc3S(=O)(=O)[O-])cc2)nc(Nc2ccc(S(N)(=O)=O)cc2)n1.O=S(=O)=O.[Na+].[Na+].[Na+].[Na+]. The smallest absolute Gasteiger partial charge is 0.744 e. The number of nitrogens with one attached hydrogen (secondary N) is 4. The number of aromatic nitrogens is 6. The number of sulfonamides is 2. The van der Waals surface area contributed by atoms with Crippen molar-refractivity contribution >= 4 is 123 Å². The van der Waals surface area contributed by atoms with Crippen molar-refractivity contribution in [1.29, 1.82) is 0 Å². The van der Waals surface area contributed by atoms with Gasteiger partial charge in [0.05, 0.1) is 39.7 Å². The van der Waals surface area contributed by atoms with E-state index in [0.717, 1.165) is 11.0 Å². The molecule has 2 aromatic heterocycles. The van der Waals surface area contributed by atoms with Gasteiger partial charge in [0.15, 0.2) is 0 Å². The largest absolute Gasteiger partial charge is 1.00 e. The number of carbonyl (C=O) groups is 2. The van der Waals surface area contributed by atoms with E-state index < -0.39 is 70.7 Å². The van der Waals surface area contributed by atoms with Gasteiger partial charge in [0.2, 0.25) is 55.7 Å². The van der Waals surface area contributed by atoms with Crippen LogP contribution in [0.2, 0.25) is 0 Å². The monoisotopic (exact) mass is 1130 g/mol. The maximum atomic E-state index is 12.5. The molecule has 2 heterocycles. The number of carbonyl (C=O) groups excluding carboxylic acids is 2. The van der Waals surface area contributed by atoms with E-state index in [-0.39, 0.29) is 175 Å². The van der Waals surface area contributed by atoms with Crippen LogP contribution < -0.4 is 170 Å². The number of carboxylic acids is 2. The molecule has 6 rings (SSSR count). The summed E-state index contributed by atoms with van der Waals surface area (Å²) in [4.78, 5) is 49.5. The Morgan fingerprint density at radius 1 is 0.581 bits per heavy atom. The molecule has 0 atom stereocenters. The number of primary sulfonamides is 2. The molecule has 6 aromatic rings. The third-order valence-corrected chi connectivity index (χ3v) is 11.4. The predicted octanol–water partition coefficient (Wildman–Crippen LogP) is -13.4. The Hall–Kier alpha value is -4.27. The van der Waals surface area contributed by atoms with Crippen LogP contribution in [0.25, 0.3) is 12.2 Å². The number of anilines is 10. The van der Waals surface area contributed by atoms with Crippen molar-refractivity contribution in [2.75, 3.05) is 58.3 Å². The van der Waals surface area contributed by atoms with Crippen molar-refractivity contribution in [2.24, 2.45) is 10.3 Å². The summed E-state index contributed by atoms with van der Waals surface area (Å²) in [6, 6.07) is 22.1. The maximum Gasteiger partial charge on any atom is 1.00 e. The minimum atomic E-state index is -5.09. The first-order chi connectivity index (χ1) is 32.7. The number of carboxylic acid groups (broad SMARTS) is 2. The molecule has 0 spiro atoms. The second-order valence-electron chi connectivity index (χ2n) is 13.9. The number of rotatable bonds is 19. The van der Waals surface area contributed by atoms with Crippen LogP contribution in [-0.2, 0) is 50.4 Å². The summed E-state index contributed by atoms with van der Waals surface area (Å²) in [5.41, 5.74) is 1.55. The molecule has 0 saturated carbocycles. The Bertz CT molecular complexity index is 3430. The van der Waals surface area contributed by atoms with Gasteiger partial charge in [-0.3, -0.25) is 0 Å². The predicted molar refractivity (Wildman–Crippen MR) is 243 cm³/mol. The van der Waals surface area contributed by atoms with Crippen molar-refractivity contribution in [3.63, 3.8) is 0 Å². The molecule has 0 aliphatic carbocycles.